The van der Waals surface area contributed by atoms with E-state index >= 15 is 0 Å². The number of ether oxygens (including phenoxy) is 1. The van der Waals surface area contributed by atoms with Crippen LogP contribution in [0.4, 0.5) is 0 Å². The van der Waals surface area contributed by atoms with Crippen LogP contribution in [0, 0.1) is 13.8 Å². The number of nitrogens with zero attached hydrogens (tertiary/aromatic N) is 6. The molecule has 0 saturated heterocycles. The summed E-state index contributed by atoms with van der Waals surface area (Å²) in [5, 5.41) is 13.8. The second-order valence-electron chi connectivity index (χ2n) is 7.08. The summed E-state index contributed by atoms with van der Waals surface area (Å²) < 4.78 is 7.43. The van der Waals surface area contributed by atoms with Gasteiger partial charge in [-0.05, 0) is 54.8 Å². The highest BCUT2D eigenvalue weighted by Crippen LogP contribution is 2.40. The van der Waals surface area contributed by atoms with Crippen LogP contribution in [0.25, 0.3) is 32.3 Å². The average molecular weight is 481 g/mol. The number of thiophene rings is 2. The van der Waals surface area contributed by atoms with Gasteiger partial charge in [0.1, 0.15) is 9.86 Å². The molecule has 10 heteroatoms. The van der Waals surface area contributed by atoms with Crippen LogP contribution in [0.5, 0.6) is 0 Å². The molecule has 5 rings (SSSR count). The molecule has 0 aromatic carbocycles. The van der Waals surface area contributed by atoms with Crippen molar-refractivity contribution in [3.63, 3.8) is 0 Å². The molecule has 0 aliphatic carbocycles. The van der Waals surface area contributed by atoms with Crippen molar-refractivity contribution in [2.24, 2.45) is 0 Å². The van der Waals surface area contributed by atoms with Crippen molar-refractivity contribution < 1.29 is 4.74 Å². The Balaban J connectivity index is 1.63. The molecule has 162 valence electrons. The monoisotopic (exact) mass is 480 g/mol. The predicted octanol–water partition coefficient (Wildman–Crippen LogP) is 5.49. The van der Waals surface area contributed by atoms with E-state index in [4.69, 9.17) is 14.7 Å². The van der Waals surface area contributed by atoms with Gasteiger partial charge >= 0.3 is 0 Å². The number of methoxy groups -OCH3 is 1. The Hall–Kier alpha value is -2.66. The number of aromatic nitrogens is 6. The van der Waals surface area contributed by atoms with Crippen molar-refractivity contribution in [3.8, 4) is 22.1 Å². The third kappa shape index (κ3) is 3.95. The topological polar surface area (TPSA) is 78.6 Å². The fourth-order valence-electron chi connectivity index (χ4n) is 3.35. The van der Waals surface area contributed by atoms with Crippen LogP contribution in [-0.4, -0.2) is 43.4 Å². The van der Waals surface area contributed by atoms with Crippen LogP contribution in [0.1, 0.15) is 10.4 Å². The zero-order valence-electron chi connectivity index (χ0n) is 17.8. The van der Waals surface area contributed by atoms with Crippen LogP contribution in [0.15, 0.2) is 52.2 Å². The Morgan fingerprint density at radius 1 is 1.09 bits per heavy atom. The number of pyridine rings is 1. The number of hydrogen-bond acceptors (Lipinski definition) is 9. The Morgan fingerprint density at radius 2 is 1.94 bits per heavy atom. The Kier molecular flexibility index (Phi) is 6.01. The van der Waals surface area contributed by atoms with E-state index in [0.717, 1.165) is 42.5 Å². The van der Waals surface area contributed by atoms with Gasteiger partial charge in [0.05, 0.1) is 18.0 Å². The summed E-state index contributed by atoms with van der Waals surface area (Å²) >= 11 is 4.87. The normalized spacial score (nSPS) is 11.5. The molecule has 0 unspecified atom stereocenters. The first-order valence-corrected chi connectivity index (χ1v) is 12.5. The first kappa shape index (κ1) is 21.2. The summed E-state index contributed by atoms with van der Waals surface area (Å²) in [6.45, 7) is 5.45. The van der Waals surface area contributed by atoms with E-state index in [1.165, 1.54) is 22.2 Å². The zero-order chi connectivity index (χ0) is 22.1. The van der Waals surface area contributed by atoms with Crippen molar-refractivity contribution in [3.05, 3.63) is 52.5 Å². The molecule has 0 spiro atoms. The van der Waals surface area contributed by atoms with Crippen molar-refractivity contribution in [2.45, 2.75) is 30.6 Å². The van der Waals surface area contributed by atoms with E-state index in [9.17, 15) is 0 Å². The van der Waals surface area contributed by atoms with E-state index in [1.54, 1.807) is 42.2 Å². The minimum absolute atomic E-state index is 0.555. The van der Waals surface area contributed by atoms with Gasteiger partial charge < -0.3 is 4.74 Å². The second-order valence-corrected chi connectivity index (χ2v) is 10.2. The maximum absolute atomic E-state index is 5.35. The van der Waals surface area contributed by atoms with Gasteiger partial charge in [-0.25, -0.2) is 9.97 Å². The molecular weight excluding hydrogens is 460 g/mol. The number of aryl methyl sites for hydroxylation is 2. The smallest absolute Gasteiger partial charge is 0.197 e. The lowest BCUT2D eigenvalue weighted by atomic mass is 10.2. The highest BCUT2D eigenvalue weighted by molar-refractivity contribution is 7.99. The lowest BCUT2D eigenvalue weighted by molar-refractivity contribution is 0.185. The van der Waals surface area contributed by atoms with Gasteiger partial charge in [-0.2, -0.15) is 0 Å². The zero-order valence-corrected chi connectivity index (χ0v) is 20.2. The van der Waals surface area contributed by atoms with E-state index in [1.807, 2.05) is 23.6 Å². The van der Waals surface area contributed by atoms with Crippen LogP contribution in [0.2, 0.25) is 0 Å². The van der Waals surface area contributed by atoms with Gasteiger partial charge in [-0.1, -0.05) is 6.07 Å². The Bertz CT molecular complexity index is 1360. The van der Waals surface area contributed by atoms with E-state index in [0.29, 0.717) is 13.2 Å². The van der Waals surface area contributed by atoms with Gasteiger partial charge in [0, 0.05) is 35.3 Å². The molecule has 5 heterocycles. The molecule has 0 amide bonds. The van der Waals surface area contributed by atoms with Crippen LogP contribution >= 0.6 is 34.4 Å². The predicted molar refractivity (Wildman–Crippen MR) is 129 cm³/mol. The van der Waals surface area contributed by atoms with Crippen molar-refractivity contribution in [1.82, 2.24) is 29.7 Å². The second kappa shape index (κ2) is 9.07. The largest absolute Gasteiger partial charge is 0.383 e. The van der Waals surface area contributed by atoms with Crippen molar-refractivity contribution >= 4 is 44.7 Å². The fourth-order valence-corrected chi connectivity index (χ4v) is 6.13. The van der Waals surface area contributed by atoms with Gasteiger partial charge in [0.15, 0.2) is 16.8 Å². The minimum Gasteiger partial charge on any atom is -0.383 e. The molecule has 0 bridgehead atoms. The van der Waals surface area contributed by atoms with Crippen LogP contribution < -0.4 is 0 Å². The first-order valence-electron chi connectivity index (χ1n) is 9.97. The summed E-state index contributed by atoms with van der Waals surface area (Å²) in [5.74, 6) is 1.53. The van der Waals surface area contributed by atoms with Crippen molar-refractivity contribution in [1.29, 1.82) is 0 Å². The number of hydrogen-bond donors (Lipinski definition) is 0. The molecule has 7 nitrogen and oxygen atoms in total. The van der Waals surface area contributed by atoms with Gasteiger partial charge in [-0.3, -0.25) is 9.55 Å². The van der Waals surface area contributed by atoms with Gasteiger partial charge in [0.25, 0.3) is 0 Å². The average Bonchev–Trinajstić information content (AvgIpc) is 3.53. The SMILES string of the molecule is COCCn1c(Sc2nc(-c3cccs3)nc3sc(C)c(C)c23)nnc1-c1ccncc1. The summed E-state index contributed by atoms with van der Waals surface area (Å²) in [7, 11) is 1.70. The highest BCUT2D eigenvalue weighted by atomic mass is 32.2. The lowest BCUT2D eigenvalue weighted by Crippen LogP contribution is -2.07. The molecule has 0 radical (unpaired) electrons. The molecule has 5 aromatic rings. The molecule has 0 saturated carbocycles. The third-order valence-electron chi connectivity index (χ3n) is 5.10. The maximum Gasteiger partial charge on any atom is 0.197 e. The number of rotatable bonds is 7. The van der Waals surface area contributed by atoms with E-state index in [-0.39, 0.29) is 0 Å². The molecule has 0 aliphatic rings. The fraction of sp³-hybridized carbons (Fsp3) is 0.227. The van der Waals surface area contributed by atoms with E-state index < -0.39 is 0 Å². The molecular formula is C22H20N6OS3. The summed E-state index contributed by atoms with van der Waals surface area (Å²) in [4.78, 5) is 17.2. The highest BCUT2D eigenvalue weighted by Gasteiger charge is 2.21. The molecule has 0 atom stereocenters. The van der Waals surface area contributed by atoms with Crippen LogP contribution in [-0.2, 0) is 11.3 Å². The molecule has 0 N–H and O–H groups in total. The summed E-state index contributed by atoms with van der Waals surface area (Å²) in [5.41, 5.74) is 2.17. The van der Waals surface area contributed by atoms with Gasteiger partial charge in [-0.15, -0.1) is 32.9 Å². The molecule has 0 aliphatic heterocycles. The maximum atomic E-state index is 5.35. The lowest BCUT2D eigenvalue weighted by Gasteiger charge is -2.10. The summed E-state index contributed by atoms with van der Waals surface area (Å²) in [6, 6.07) is 7.95. The molecule has 32 heavy (non-hydrogen) atoms. The first-order chi connectivity index (χ1) is 15.7. The molecule has 5 aromatic heterocycles. The van der Waals surface area contributed by atoms with Gasteiger partial charge in [0.2, 0.25) is 0 Å². The standard InChI is InChI=1S/C22H20N6OS3/c1-13-14(2)31-20-17(13)21(25-18(24-20)16-5-4-12-30-16)32-22-27-26-19(28(22)10-11-29-3)15-6-8-23-9-7-15/h4-9,12H,10-11H2,1-3H3. The third-order valence-corrected chi connectivity index (χ3v) is 8.04. The number of fused-ring (bicyclic) bond motifs is 1. The molecule has 0 fully saturated rings. The quantitative estimate of drug-likeness (QED) is 0.285. The summed E-state index contributed by atoms with van der Waals surface area (Å²) in [6.07, 6.45) is 3.52. The van der Waals surface area contributed by atoms with Crippen molar-refractivity contribution in [2.75, 3.05) is 13.7 Å². The Labute approximate surface area is 197 Å². The van der Waals surface area contributed by atoms with E-state index in [2.05, 4.69) is 39.7 Å². The Morgan fingerprint density at radius 3 is 2.69 bits per heavy atom. The van der Waals surface area contributed by atoms with Crippen LogP contribution in [0.3, 0.4) is 0 Å². The minimum atomic E-state index is 0.555.